The summed E-state index contributed by atoms with van der Waals surface area (Å²) in [5.41, 5.74) is 3.74. The molecule has 0 aliphatic heterocycles. The fourth-order valence-electron chi connectivity index (χ4n) is 3.21. The van der Waals surface area contributed by atoms with Gasteiger partial charge in [0.2, 0.25) is 5.91 Å². The van der Waals surface area contributed by atoms with Crippen LogP contribution in [0.25, 0.3) is 11.5 Å². The number of carbonyl (C=O) groups excluding carboxylic acids is 1. The van der Waals surface area contributed by atoms with Gasteiger partial charge in [0.15, 0.2) is 11.5 Å². The fourth-order valence-corrected chi connectivity index (χ4v) is 3.21. The number of hydrogen-bond donors (Lipinski definition) is 0. The first-order chi connectivity index (χ1) is 12.5. The molecule has 0 saturated carbocycles. The van der Waals surface area contributed by atoms with Crippen LogP contribution in [0.5, 0.6) is 0 Å². The molecule has 0 saturated heterocycles. The molecule has 3 rings (SSSR count). The smallest absolute Gasteiger partial charge is 0.222 e. The molecule has 138 valence electrons. The van der Waals surface area contributed by atoms with Crippen LogP contribution in [0.4, 0.5) is 0 Å². The van der Waals surface area contributed by atoms with Crippen LogP contribution in [0.2, 0.25) is 0 Å². The molecule has 0 fully saturated rings. The van der Waals surface area contributed by atoms with Crippen LogP contribution in [0.15, 0.2) is 18.5 Å². The Morgan fingerprint density at radius 2 is 2.00 bits per heavy atom. The Balaban J connectivity index is 1.80. The Morgan fingerprint density at radius 3 is 2.73 bits per heavy atom. The van der Waals surface area contributed by atoms with Crippen molar-refractivity contribution in [2.24, 2.45) is 0 Å². The first-order valence-corrected chi connectivity index (χ1v) is 9.05. The molecular formula is C18H25N7O. The average molecular weight is 355 g/mol. The second kappa shape index (κ2) is 7.63. The van der Waals surface area contributed by atoms with Crippen LogP contribution in [-0.2, 0) is 11.2 Å². The van der Waals surface area contributed by atoms with Crippen molar-refractivity contribution in [3.8, 4) is 5.82 Å². The average Bonchev–Trinajstić information content (AvgIpc) is 3.21. The highest BCUT2D eigenvalue weighted by Crippen LogP contribution is 2.19. The fraction of sp³-hybridized carbons (Fsp3) is 0.500. The van der Waals surface area contributed by atoms with Gasteiger partial charge in [0.1, 0.15) is 6.33 Å². The number of carbonyl (C=O) groups is 1. The first-order valence-electron chi connectivity index (χ1n) is 9.05. The van der Waals surface area contributed by atoms with E-state index in [4.69, 9.17) is 0 Å². The summed E-state index contributed by atoms with van der Waals surface area (Å²) in [4.78, 5) is 14.3. The molecule has 1 amide bonds. The molecule has 0 unspecified atom stereocenters. The van der Waals surface area contributed by atoms with E-state index in [1.165, 1.54) is 0 Å². The molecule has 0 N–H and O–H groups in total. The maximum absolute atomic E-state index is 12.4. The summed E-state index contributed by atoms with van der Waals surface area (Å²) < 4.78 is 3.44. The van der Waals surface area contributed by atoms with Gasteiger partial charge in [-0.15, -0.1) is 15.3 Å². The molecule has 0 aliphatic rings. The van der Waals surface area contributed by atoms with Gasteiger partial charge in [0.05, 0.1) is 5.69 Å². The topological polar surface area (TPSA) is 81.2 Å². The third kappa shape index (κ3) is 3.44. The van der Waals surface area contributed by atoms with E-state index in [1.807, 2.05) is 42.5 Å². The quantitative estimate of drug-likeness (QED) is 0.648. The lowest BCUT2D eigenvalue weighted by atomic mass is 10.1. The van der Waals surface area contributed by atoms with Crippen LogP contribution in [0.3, 0.4) is 0 Å². The summed E-state index contributed by atoms with van der Waals surface area (Å²) in [5.74, 6) is 0.904. The van der Waals surface area contributed by atoms with E-state index in [0.29, 0.717) is 24.3 Å². The minimum atomic E-state index is 0.199. The zero-order chi connectivity index (χ0) is 18.7. The zero-order valence-corrected chi connectivity index (χ0v) is 15.8. The lowest BCUT2D eigenvalue weighted by Gasteiger charge is -2.20. The number of fused-ring (bicyclic) bond motifs is 1. The molecule has 0 spiro atoms. The molecular weight excluding hydrogens is 330 g/mol. The van der Waals surface area contributed by atoms with E-state index in [9.17, 15) is 4.79 Å². The van der Waals surface area contributed by atoms with Crippen LogP contribution < -0.4 is 0 Å². The molecule has 3 aromatic heterocycles. The van der Waals surface area contributed by atoms with Crippen molar-refractivity contribution >= 4 is 11.6 Å². The molecule has 3 heterocycles. The number of amides is 1. The highest BCUT2D eigenvalue weighted by molar-refractivity contribution is 5.76. The van der Waals surface area contributed by atoms with Crippen molar-refractivity contribution in [1.82, 2.24) is 34.5 Å². The summed E-state index contributed by atoms with van der Waals surface area (Å²) in [6.07, 6.45) is 3.73. The van der Waals surface area contributed by atoms with Crippen molar-refractivity contribution in [1.29, 1.82) is 0 Å². The Hall–Kier alpha value is -2.77. The highest BCUT2D eigenvalue weighted by atomic mass is 16.2. The van der Waals surface area contributed by atoms with Crippen LogP contribution >= 0.6 is 0 Å². The Kier molecular flexibility index (Phi) is 5.29. The van der Waals surface area contributed by atoms with Crippen molar-refractivity contribution in [3.63, 3.8) is 0 Å². The largest absolute Gasteiger partial charge is 0.343 e. The van der Waals surface area contributed by atoms with Gasteiger partial charge >= 0.3 is 0 Å². The Bertz CT molecular complexity index is 912. The van der Waals surface area contributed by atoms with Gasteiger partial charge in [-0.1, -0.05) is 6.92 Å². The summed E-state index contributed by atoms with van der Waals surface area (Å²) in [5, 5.41) is 16.9. The predicted octanol–water partition coefficient (Wildman–Crippen LogP) is 2.12. The molecule has 0 aliphatic carbocycles. The van der Waals surface area contributed by atoms with Gasteiger partial charge in [-0.05, 0) is 51.3 Å². The lowest BCUT2D eigenvalue weighted by Crippen LogP contribution is -2.31. The number of aryl methyl sites for hydroxylation is 1. The Labute approximate surface area is 152 Å². The lowest BCUT2D eigenvalue weighted by molar-refractivity contribution is -0.131. The SMILES string of the molecule is CCCN(CC)C(=O)CCc1c(C)nn(-c2ccc3nncn3n2)c1C. The Morgan fingerprint density at radius 1 is 1.19 bits per heavy atom. The number of hydrogen-bond acceptors (Lipinski definition) is 5. The van der Waals surface area contributed by atoms with Crippen molar-refractivity contribution in [3.05, 3.63) is 35.4 Å². The van der Waals surface area contributed by atoms with E-state index in [-0.39, 0.29) is 5.91 Å². The van der Waals surface area contributed by atoms with Crippen molar-refractivity contribution in [2.45, 2.75) is 47.0 Å². The molecule has 8 heteroatoms. The normalized spacial score (nSPS) is 11.2. The second-order valence-corrected chi connectivity index (χ2v) is 6.36. The molecule has 8 nitrogen and oxygen atoms in total. The van der Waals surface area contributed by atoms with Gasteiger partial charge < -0.3 is 4.90 Å². The third-order valence-electron chi connectivity index (χ3n) is 4.62. The maximum atomic E-state index is 12.4. The summed E-state index contributed by atoms with van der Waals surface area (Å²) in [6.45, 7) is 9.68. The van der Waals surface area contributed by atoms with Crippen LogP contribution in [0.1, 0.15) is 43.6 Å². The van der Waals surface area contributed by atoms with Gasteiger partial charge in [0.25, 0.3) is 0 Å². The van der Waals surface area contributed by atoms with Crippen LogP contribution in [0, 0.1) is 13.8 Å². The standard InChI is InChI=1S/C18H25N7O/c1-5-11-23(6-2)18(26)10-7-15-13(3)21-25(14(15)4)17-9-8-16-20-19-12-24(16)22-17/h8-9,12H,5-7,10-11H2,1-4H3. The number of aromatic nitrogens is 6. The van der Waals surface area contributed by atoms with Crippen LogP contribution in [-0.4, -0.2) is 53.5 Å². The van der Waals surface area contributed by atoms with Crippen molar-refractivity contribution in [2.75, 3.05) is 13.1 Å². The predicted molar refractivity (Wildman–Crippen MR) is 98.2 cm³/mol. The minimum absolute atomic E-state index is 0.199. The monoisotopic (exact) mass is 355 g/mol. The highest BCUT2D eigenvalue weighted by Gasteiger charge is 2.17. The van der Waals surface area contributed by atoms with Crippen molar-refractivity contribution < 1.29 is 4.79 Å². The van der Waals surface area contributed by atoms with E-state index >= 15 is 0 Å². The molecule has 0 atom stereocenters. The summed E-state index contributed by atoms with van der Waals surface area (Å²) >= 11 is 0. The molecule has 0 radical (unpaired) electrons. The minimum Gasteiger partial charge on any atom is -0.343 e. The maximum Gasteiger partial charge on any atom is 0.222 e. The van der Waals surface area contributed by atoms with E-state index in [2.05, 4.69) is 27.3 Å². The number of nitrogens with zero attached hydrogens (tertiary/aromatic N) is 7. The first kappa shape index (κ1) is 18.0. The third-order valence-corrected chi connectivity index (χ3v) is 4.62. The van der Waals surface area contributed by atoms with Gasteiger partial charge in [0, 0.05) is 25.2 Å². The number of rotatable bonds is 7. The van der Waals surface area contributed by atoms with Gasteiger partial charge in [-0.2, -0.15) is 9.61 Å². The van der Waals surface area contributed by atoms with Gasteiger partial charge in [-0.25, -0.2) is 4.68 Å². The zero-order valence-electron chi connectivity index (χ0n) is 15.8. The molecule has 0 aromatic carbocycles. The van der Waals surface area contributed by atoms with E-state index in [0.717, 1.165) is 36.5 Å². The summed E-state index contributed by atoms with van der Waals surface area (Å²) in [7, 11) is 0. The van der Waals surface area contributed by atoms with E-state index < -0.39 is 0 Å². The van der Waals surface area contributed by atoms with E-state index in [1.54, 1.807) is 10.8 Å². The molecule has 3 aromatic rings. The second-order valence-electron chi connectivity index (χ2n) is 6.36. The molecule has 0 bridgehead atoms. The van der Waals surface area contributed by atoms with Gasteiger partial charge in [-0.3, -0.25) is 4.79 Å². The summed E-state index contributed by atoms with van der Waals surface area (Å²) in [6, 6.07) is 3.73. The molecule has 26 heavy (non-hydrogen) atoms.